The monoisotopic (exact) mass is 236 g/mol. The Morgan fingerprint density at radius 1 is 1.47 bits per heavy atom. The Kier molecular flexibility index (Phi) is 4.13. The molecule has 0 heterocycles. The van der Waals surface area contributed by atoms with Gasteiger partial charge in [0.2, 0.25) is 0 Å². The molecule has 3 N–H and O–H groups in total. The van der Waals surface area contributed by atoms with Crippen molar-refractivity contribution >= 4 is 0 Å². The Balaban J connectivity index is 2.01. The first-order valence-electron chi connectivity index (χ1n) is 6.40. The van der Waals surface area contributed by atoms with Gasteiger partial charge in [0.1, 0.15) is 5.82 Å². The summed E-state index contributed by atoms with van der Waals surface area (Å²) in [7, 11) is 0. The van der Waals surface area contributed by atoms with E-state index in [0.29, 0.717) is 12.6 Å². The van der Waals surface area contributed by atoms with Crippen LogP contribution in [0.4, 0.5) is 4.39 Å². The fourth-order valence-electron chi connectivity index (χ4n) is 2.67. The molecular formula is C14H21FN2. The fraction of sp³-hybridized carbons (Fsp3) is 0.571. The van der Waals surface area contributed by atoms with Crippen LogP contribution in [0.5, 0.6) is 0 Å². The number of hydrogen-bond donors (Lipinski definition) is 2. The molecule has 0 saturated heterocycles. The van der Waals surface area contributed by atoms with Gasteiger partial charge in [-0.25, -0.2) is 4.39 Å². The van der Waals surface area contributed by atoms with Gasteiger partial charge in [-0.1, -0.05) is 19.1 Å². The minimum atomic E-state index is -0.192. The molecule has 1 aliphatic rings. The van der Waals surface area contributed by atoms with Gasteiger partial charge in [-0.2, -0.15) is 0 Å². The SMILES string of the molecule is CC1CCC(NC(CN)c2cccc(F)c2)C1. The lowest BCUT2D eigenvalue weighted by molar-refractivity contribution is 0.433. The average molecular weight is 236 g/mol. The van der Waals surface area contributed by atoms with Crippen molar-refractivity contribution in [3.8, 4) is 0 Å². The van der Waals surface area contributed by atoms with Crippen molar-refractivity contribution < 1.29 is 4.39 Å². The van der Waals surface area contributed by atoms with Crippen LogP contribution in [-0.2, 0) is 0 Å². The maximum atomic E-state index is 13.2. The maximum absolute atomic E-state index is 13.2. The lowest BCUT2D eigenvalue weighted by atomic mass is 10.0. The van der Waals surface area contributed by atoms with Crippen molar-refractivity contribution in [3.05, 3.63) is 35.6 Å². The number of rotatable bonds is 4. The molecular weight excluding hydrogens is 215 g/mol. The van der Waals surface area contributed by atoms with Crippen molar-refractivity contribution in [2.45, 2.75) is 38.3 Å². The van der Waals surface area contributed by atoms with Gasteiger partial charge in [-0.3, -0.25) is 0 Å². The normalized spacial score (nSPS) is 26.1. The Morgan fingerprint density at radius 3 is 2.88 bits per heavy atom. The van der Waals surface area contributed by atoms with Crippen LogP contribution in [0.15, 0.2) is 24.3 Å². The van der Waals surface area contributed by atoms with Gasteiger partial charge in [0, 0.05) is 18.6 Å². The van der Waals surface area contributed by atoms with E-state index in [4.69, 9.17) is 5.73 Å². The van der Waals surface area contributed by atoms with Crippen molar-refractivity contribution in [3.63, 3.8) is 0 Å². The van der Waals surface area contributed by atoms with Crippen molar-refractivity contribution in [1.29, 1.82) is 0 Å². The van der Waals surface area contributed by atoms with E-state index in [1.54, 1.807) is 12.1 Å². The Hall–Kier alpha value is -0.930. The first-order chi connectivity index (χ1) is 8.19. The molecule has 0 bridgehead atoms. The molecule has 2 rings (SSSR count). The third-order valence-corrected chi connectivity index (χ3v) is 3.62. The molecule has 17 heavy (non-hydrogen) atoms. The van der Waals surface area contributed by atoms with Gasteiger partial charge in [0.05, 0.1) is 0 Å². The number of nitrogens with two attached hydrogens (primary N) is 1. The summed E-state index contributed by atoms with van der Waals surface area (Å²) < 4.78 is 13.2. The van der Waals surface area contributed by atoms with E-state index in [1.807, 2.05) is 6.07 Å². The lowest BCUT2D eigenvalue weighted by Gasteiger charge is -2.22. The number of halogens is 1. The smallest absolute Gasteiger partial charge is 0.123 e. The molecule has 1 fully saturated rings. The molecule has 3 unspecified atom stereocenters. The van der Waals surface area contributed by atoms with Gasteiger partial charge in [0.15, 0.2) is 0 Å². The number of nitrogens with one attached hydrogen (secondary N) is 1. The average Bonchev–Trinajstić information content (AvgIpc) is 2.72. The Morgan fingerprint density at radius 2 is 2.29 bits per heavy atom. The summed E-state index contributed by atoms with van der Waals surface area (Å²) in [4.78, 5) is 0. The predicted molar refractivity (Wildman–Crippen MR) is 68.1 cm³/mol. The molecule has 2 nitrogen and oxygen atoms in total. The van der Waals surface area contributed by atoms with E-state index >= 15 is 0 Å². The quantitative estimate of drug-likeness (QED) is 0.843. The van der Waals surface area contributed by atoms with Crippen LogP contribution in [0.25, 0.3) is 0 Å². The zero-order valence-corrected chi connectivity index (χ0v) is 10.3. The number of hydrogen-bond acceptors (Lipinski definition) is 2. The summed E-state index contributed by atoms with van der Waals surface area (Å²) in [5, 5.41) is 3.55. The van der Waals surface area contributed by atoms with Crippen LogP contribution in [0, 0.1) is 11.7 Å². The van der Waals surface area contributed by atoms with Gasteiger partial charge in [-0.05, 0) is 42.9 Å². The molecule has 0 amide bonds. The Labute approximate surface area is 102 Å². The fourth-order valence-corrected chi connectivity index (χ4v) is 2.67. The van der Waals surface area contributed by atoms with Crippen molar-refractivity contribution in [2.75, 3.05) is 6.54 Å². The lowest BCUT2D eigenvalue weighted by Crippen LogP contribution is -2.35. The predicted octanol–water partition coefficient (Wildman–Crippen LogP) is 2.60. The van der Waals surface area contributed by atoms with E-state index in [1.165, 1.54) is 25.3 Å². The van der Waals surface area contributed by atoms with Crippen LogP contribution in [0.2, 0.25) is 0 Å². The highest BCUT2D eigenvalue weighted by molar-refractivity contribution is 5.20. The molecule has 0 radical (unpaired) electrons. The van der Waals surface area contributed by atoms with E-state index in [-0.39, 0.29) is 11.9 Å². The molecule has 3 atom stereocenters. The highest BCUT2D eigenvalue weighted by atomic mass is 19.1. The van der Waals surface area contributed by atoms with Gasteiger partial charge in [0.25, 0.3) is 0 Å². The third kappa shape index (κ3) is 3.27. The largest absolute Gasteiger partial charge is 0.329 e. The molecule has 94 valence electrons. The summed E-state index contributed by atoms with van der Waals surface area (Å²) >= 11 is 0. The summed E-state index contributed by atoms with van der Waals surface area (Å²) in [6, 6.07) is 7.32. The second kappa shape index (κ2) is 5.61. The van der Waals surface area contributed by atoms with E-state index in [0.717, 1.165) is 11.5 Å². The summed E-state index contributed by atoms with van der Waals surface area (Å²) in [5.74, 6) is 0.598. The highest BCUT2D eigenvalue weighted by Crippen LogP contribution is 2.26. The molecule has 3 heteroatoms. The van der Waals surface area contributed by atoms with Crippen LogP contribution in [0.1, 0.15) is 37.8 Å². The molecule has 1 aliphatic carbocycles. The second-order valence-electron chi connectivity index (χ2n) is 5.13. The maximum Gasteiger partial charge on any atom is 0.123 e. The molecule has 1 saturated carbocycles. The molecule has 0 spiro atoms. The molecule has 1 aromatic carbocycles. The molecule has 0 aliphatic heterocycles. The van der Waals surface area contributed by atoms with Gasteiger partial charge in [-0.15, -0.1) is 0 Å². The zero-order valence-electron chi connectivity index (χ0n) is 10.3. The van der Waals surface area contributed by atoms with Crippen LogP contribution in [0.3, 0.4) is 0 Å². The van der Waals surface area contributed by atoms with E-state index in [9.17, 15) is 4.39 Å². The van der Waals surface area contributed by atoms with Gasteiger partial charge < -0.3 is 11.1 Å². The summed E-state index contributed by atoms with van der Waals surface area (Å²) in [6.07, 6.45) is 3.68. The van der Waals surface area contributed by atoms with Crippen LogP contribution >= 0.6 is 0 Å². The molecule has 1 aromatic rings. The highest BCUT2D eigenvalue weighted by Gasteiger charge is 2.23. The zero-order chi connectivity index (χ0) is 12.3. The minimum Gasteiger partial charge on any atom is -0.329 e. The van der Waals surface area contributed by atoms with Crippen molar-refractivity contribution in [2.24, 2.45) is 11.7 Å². The first kappa shape index (κ1) is 12.5. The number of benzene rings is 1. The Bertz CT molecular complexity index is 367. The minimum absolute atomic E-state index is 0.0704. The van der Waals surface area contributed by atoms with Crippen LogP contribution in [-0.4, -0.2) is 12.6 Å². The van der Waals surface area contributed by atoms with E-state index in [2.05, 4.69) is 12.2 Å². The first-order valence-corrected chi connectivity index (χ1v) is 6.40. The molecule has 0 aromatic heterocycles. The summed E-state index contributed by atoms with van der Waals surface area (Å²) in [5.41, 5.74) is 6.73. The second-order valence-corrected chi connectivity index (χ2v) is 5.13. The standard InChI is InChI=1S/C14H21FN2/c1-10-5-6-13(7-10)17-14(9-16)11-3-2-4-12(15)8-11/h2-4,8,10,13-14,17H,5-7,9,16H2,1H3. The van der Waals surface area contributed by atoms with Gasteiger partial charge >= 0.3 is 0 Å². The third-order valence-electron chi connectivity index (χ3n) is 3.62. The van der Waals surface area contributed by atoms with Crippen LogP contribution < -0.4 is 11.1 Å². The topological polar surface area (TPSA) is 38.0 Å². The van der Waals surface area contributed by atoms with E-state index < -0.39 is 0 Å². The summed E-state index contributed by atoms with van der Waals surface area (Å²) in [6.45, 7) is 2.79. The van der Waals surface area contributed by atoms with Crippen molar-refractivity contribution in [1.82, 2.24) is 5.32 Å².